The van der Waals surface area contributed by atoms with Gasteiger partial charge in [-0.25, -0.2) is 0 Å². The van der Waals surface area contributed by atoms with E-state index in [9.17, 15) is 5.11 Å². The number of hydrogen-bond acceptors (Lipinski definition) is 3. The van der Waals surface area contributed by atoms with Crippen LogP contribution in [0.15, 0.2) is 12.7 Å². The first-order valence-corrected chi connectivity index (χ1v) is 8.23. The molecule has 0 aromatic carbocycles. The molecule has 0 rings (SSSR count). The van der Waals surface area contributed by atoms with Crippen LogP contribution in [0.3, 0.4) is 0 Å². The quantitative estimate of drug-likeness (QED) is 0.364. The molecule has 0 aromatic rings. The number of ether oxygens (including phenoxy) is 2. The second-order valence-electron chi connectivity index (χ2n) is 5.35. The van der Waals surface area contributed by atoms with E-state index >= 15 is 0 Å². The molecule has 0 fully saturated rings. The second-order valence-corrected chi connectivity index (χ2v) is 5.35. The highest BCUT2D eigenvalue weighted by Gasteiger charge is 2.13. The monoisotopic (exact) mass is 286 g/mol. The van der Waals surface area contributed by atoms with Crippen molar-refractivity contribution in [1.82, 2.24) is 0 Å². The Balaban J connectivity index is 3.79. The molecule has 0 spiro atoms. The van der Waals surface area contributed by atoms with Gasteiger partial charge >= 0.3 is 0 Å². The molecule has 0 aliphatic heterocycles. The summed E-state index contributed by atoms with van der Waals surface area (Å²) in [5, 5.41) is 9.33. The molecule has 120 valence electrons. The van der Waals surface area contributed by atoms with Crippen molar-refractivity contribution in [2.24, 2.45) is 0 Å². The van der Waals surface area contributed by atoms with E-state index in [0.29, 0.717) is 19.3 Å². The lowest BCUT2D eigenvalue weighted by molar-refractivity contribution is -0.0681. The number of aliphatic hydroxyl groups excluding tert-OH is 1. The predicted octanol–water partition coefficient (Wildman–Crippen LogP) is 4.10. The topological polar surface area (TPSA) is 38.7 Å². The van der Waals surface area contributed by atoms with Crippen LogP contribution in [0, 0.1) is 0 Å². The van der Waals surface area contributed by atoms with Gasteiger partial charge in [0.1, 0.15) is 6.10 Å². The molecule has 20 heavy (non-hydrogen) atoms. The van der Waals surface area contributed by atoms with Crippen molar-refractivity contribution in [3.63, 3.8) is 0 Å². The number of unbranched alkanes of at least 4 members (excludes halogenated alkanes) is 3. The standard InChI is InChI=1S/C17H34O3/c1-4-7-9-10-13-19-17(14-18)15-20-16(11-6-3)12-8-5-2/h4,16-18H,1,5-15H2,2-3H3/t16?,17-/m0/s1. The van der Waals surface area contributed by atoms with Crippen LogP contribution < -0.4 is 0 Å². The average molecular weight is 286 g/mol. The molecule has 0 aliphatic carbocycles. The SMILES string of the molecule is C=CCCCCO[C@@H](CO)COC(CCC)CCCC. The van der Waals surface area contributed by atoms with Crippen LogP contribution in [0.4, 0.5) is 0 Å². The Hall–Kier alpha value is -0.380. The maximum atomic E-state index is 9.33. The van der Waals surface area contributed by atoms with Gasteiger partial charge in [-0.1, -0.05) is 39.2 Å². The van der Waals surface area contributed by atoms with Crippen LogP contribution in [-0.2, 0) is 9.47 Å². The highest BCUT2D eigenvalue weighted by atomic mass is 16.5. The summed E-state index contributed by atoms with van der Waals surface area (Å²) >= 11 is 0. The van der Waals surface area contributed by atoms with E-state index in [0.717, 1.165) is 38.5 Å². The van der Waals surface area contributed by atoms with Crippen LogP contribution in [0.1, 0.15) is 65.2 Å². The molecule has 0 bridgehead atoms. The first kappa shape index (κ1) is 19.6. The van der Waals surface area contributed by atoms with E-state index in [-0.39, 0.29) is 12.7 Å². The van der Waals surface area contributed by atoms with Gasteiger partial charge in [0.15, 0.2) is 0 Å². The van der Waals surface area contributed by atoms with Gasteiger partial charge in [0, 0.05) is 6.61 Å². The Bertz CT molecular complexity index is 206. The molecule has 0 heterocycles. The fourth-order valence-electron chi connectivity index (χ4n) is 2.10. The fraction of sp³-hybridized carbons (Fsp3) is 0.882. The van der Waals surface area contributed by atoms with Gasteiger partial charge in [0.05, 0.1) is 19.3 Å². The Morgan fingerprint density at radius 3 is 2.40 bits per heavy atom. The van der Waals surface area contributed by atoms with Crippen molar-refractivity contribution in [2.45, 2.75) is 77.4 Å². The zero-order valence-corrected chi connectivity index (χ0v) is 13.5. The van der Waals surface area contributed by atoms with E-state index in [2.05, 4.69) is 20.4 Å². The zero-order valence-electron chi connectivity index (χ0n) is 13.5. The average Bonchev–Trinajstić information content (AvgIpc) is 2.47. The minimum atomic E-state index is -0.181. The lowest BCUT2D eigenvalue weighted by Crippen LogP contribution is -2.28. The van der Waals surface area contributed by atoms with Gasteiger partial charge in [-0.15, -0.1) is 6.58 Å². The van der Waals surface area contributed by atoms with E-state index in [1.54, 1.807) is 0 Å². The predicted molar refractivity (Wildman–Crippen MR) is 85.0 cm³/mol. The third kappa shape index (κ3) is 11.4. The van der Waals surface area contributed by atoms with E-state index < -0.39 is 0 Å². The van der Waals surface area contributed by atoms with Crippen molar-refractivity contribution >= 4 is 0 Å². The molecule has 0 aromatic heterocycles. The molecule has 0 saturated carbocycles. The molecule has 0 aliphatic rings. The summed E-state index contributed by atoms with van der Waals surface area (Å²) in [5.74, 6) is 0. The molecule has 0 amide bonds. The van der Waals surface area contributed by atoms with Crippen LogP contribution in [-0.4, -0.2) is 37.1 Å². The summed E-state index contributed by atoms with van der Waals surface area (Å²) in [7, 11) is 0. The Morgan fingerprint density at radius 2 is 1.80 bits per heavy atom. The van der Waals surface area contributed by atoms with Gasteiger partial charge in [0.25, 0.3) is 0 Å². The van der Waals surface area contributed by atoms with Gasteiger partial charge in [-0.05, 0) is 32.1 Å². The lowest BCUT2D eigenvalue weighted by Gasteiger charge is -2.21. The van der Waals surface area contributed by atoms with Gasteiger partial charge < -0.3 is 14.6 Å². The lowest BCUT2D eigenvalue weighted by atomic mass is 10.1. The van der Waals surface area contributed by atoms with Gasteiger partial charge in [-0.2, -0.15) is 0 Å². The van der Waals surface area contributed by atoms with Crippen LogP contribution in [0.2, 0.25) is 0 Å². The van der Waals surface area contributed by atoms with Crippen molar-refractivity contribution in [3.05, 3.63) is 12.7 Å². The maximum absolute atomic E-state index is 9.33. The minimum Gasteiger partial charge on any atom is -0.394 e. The minimum absolute atomic E-state index is 0.0358. The molecule has 1 N–H and O–H groups in total. The largest absolute Gasteiger partial charge is 0.394 e. The number of aliphatic hydroxyl groups is 1. The summed E-state index contributed by atoms with van der Waals surface area (Å²) in [6.45, 7) is 9.31. The summed E-state index contributed by atoms with van der Waals surface area (Å²) in [6, 6.07) is 0. The summed E-state index contributed by atoms with van der Waals surface area (Å²) in [5.41, 5.74) is 0. The van der Waals surface area contributed by atoms with Crippen molar-refractivity contribution in [1.29, 1.82) is 0 Å². The van der Waals surface area contributed by atoms with Gasteiger partial charge in [0.2, 0.25) is 0 Å². The van der Waals surface area contributed by atoms with Crippen LogP contribution in [0.25, 0.3) is 0 Å². The smallest absolute Gasteiger partial charge is 0.104 e. The normalized spacial score (nSPS) is 14.2. The Morgan fingerprint density at radius 1 is 1.00 bits per heavy atom. The molecule has 0 saturated heterocycles. The highest BCUT2D eigenvalue weighted by molar-refractivity contribution is 4.65. The molecule has 0 radical (unpaired) electrons. The first-order chi connectivity index (χ1) is 9.78. The van der Waals surface area contributed by atoms with Gasteiger partial charge in [-0.3, -0.25) is 0 Å². The molecule has 3 nitrogen and oxygen atoms in total. The third-order valence-electron chi connectivity index (χ3n) is 3.37. The Kier molecular flexibility index (Phi) is 14.7. The van der Waals surface area contributed by atoms with Crippen molar-refractivity contribution < 1.29 is 14.6 Å². The molecule has 1 unspecified atom stereocenters. The molecular weight excluding hydrogens is 252 g/mol. The zero-order chi connectivity index (χ0) is 15.1. The first-order valence-electron chi connectivity index (χ1n) is 8.23. The highest BCUT2D eigenvalue weighted by Crippen LogP contribution is 2.12. The van der Waals surface area contributed by atoms with E-state index in [1.165, 1.54) is 12.8 Å². The van der Waals surface area contributed by atoms with Crippen LogP contribution in [0.5, 0.6) is 0 Å². The van der Waals surface area contributed by atoms with Crippen LogP contribution >= 0.6 is 0 Å². The summed E-state index contributed by atoms with van der Waals surface area (Å²) < 4.78 is 11.6. The number of rotatable bonds is 15. The van der Waals surface area contributed by atoms with E-state index in [4.69, 9.17) is 9.47 Å². The maximum Gasteiger partial charge on any atom is 0.104 e. The molecule has 3 heteroatoms. The summed E-state index contributed by atoms with van der Waals surface area (Å²) in [6.07, 6.45) is 10.9. The second kappa shape index (κ2) is 15.0. The fourth-order valence-corrected chi connectivity index (χ4v) is 2.10. The molecule has 2 atom stereocenters. The molecular formula is C17H34O3. The van der Waals surface area contributed by atoms with Crippen molar-refractivity contribution in [2.75, 3.05) is 19.8 Å². The Labute approximate surface area is 125 Å². The van der Waals surface area contributed by atoms with Crippen molar-refractivity contribution in [3.8, 4) is 0 Å². The van der Waals surface area contributed by atoms with E-state index in [1.807, 2.05) is 6.08 Å². The third-order valence-corrected chi connectivity index (χ3v) is 3.37. The number of allylic oxidation sites excluding steroid dienone is 1. The summed E-state index contributed by atoms with van der Waals surface area (Å²) in [4.78, 5) is 0. The number of hydrogen-bond donors (Lipinski definition) is 1.